The molecule has 0 bridgehead atoms. The summed E-state index contributed by atoms with van der Waals surface area (Å²) in [6.07, 6.45) is 2.25. The Hall–Kier alpha value is -1.36. The fourth-order valence-corrected chi connectivity index (χ4v) is 3.48. The standard InChI is InChI=1S/C15H22N2O2S/c1-4-6-12-15(19)17(13(5-2)14(18)16-12)7-11-9-20-8-10(11)3/h8-9,12-13H,4-7H2,1-3H3,(H,16,18). The van der Waals surface area contributed by atoms with Crippen LogP contribution in [0.25, 0.3) is 0 Å². The van der Waals surface area contributed by atoms with Crippen molar-refractivity contribution in [3.8, 4) is 0 Å². The molecule has 2 heterocycles. The SMILES string of the molecule is CCCC1NC(=O)C(CC)N(Cc2cscc2C)C1=O. The Kier molecular flexibility index (Phi) is 4.81. The highest BCUT2D eigenvalue weighted by molar-refractivity contribution is 7.08. The summed E-state index contributed by atoms with van der Waals surface area (Å²) in [5, 5.41) is 7.01. The fourth-order valence-electron chi connectivity index (χ4n) is 2.64. The van der Waals surface area contributed by atoms with E-state index in [9.17, 15) is 9.59 Å². The molecule has 0 saturated carbocycles. The highest BCUT2D eigenvalue weighted by Crippen LogP contribution is 2.22. The molecule has 0 spiro atoms. The first-order valence-electron chi connectivity index (χ1n) is 7.21. The average molecular weight is 294 g/mol. The van der Waals surface area contributed by atoms with Gasteiger partial charge in [-0.15, -0.1) is 0 Å². The van der Waals surface area contributed by atoms with E-state index in [0.717, 1.165) is 12.0 Å². The Morgan fingerprint density at radius 3 is 2.60 bits per heavy atom. The van der Waals surface area contributed by atoms with E-state index in [1.54, 1.807) is 16.2 Å². The van der Waals surface area contributed by atoms with Gasteiger partial charge in [0, 0.05) is 6.54 Å². The van der Waals surface area contributed by atoms with Crippen LogP contribution in [0.4, 0.5) is 0 Å². The van der Waals surface area contributed by atoms with Crippen molar-refractivity contribution in [2.45, 2.75) is 58.7 Å². The number of rotatable bonds is 5. The minimum absolute atomic E-state index is 0.0153. The molecule has 1 fully saturated rings. The third kappa shape index (κ3) is 2.87. The lowest BCUT2D eigenvalue weighted by atomic mass is 10.0. The van der Waals surface area contributed by atoms with Gasteiger partial charge < -0.3 is 10.2 Å². The topological polar surface area (TPSA) is 49.4 Å². The minimum Gasteiger partial charge on any atom is -0.343 e. The van der Waals surface area contributed by atoms with Gasteiger partial charge in [-0.05, 0) is 41.7 Å². The lowest BCUT2D eigenvalue weighted by Gasteiger charge is -2.38. The predicted molar refractivity (Wildman–Crippen MR) is 80.5 cm³/mol. The molecule has 20 heavy (non-hydrogen) atoms. The van der Waals surface area contributed by atoms with Crippen LogP contribution < -0.4 is 5.32 Å². The van der Waals surface area contributed by atoms with E-state index < -0.39 is 0 Å². The maximum absolute atomic E-state index is 12.6. The van der Waals surface area contributed by atoms with E-state index in [-0.39, 0.29) is 23.9 Å². The van der Waals surface area contributed by atoms with Gasteiger partial charge in [-0.1, -0.05) is 20.3 Å². The van der Waals surface area contributed by atoms with Crippen molar-refractivity contribution in [2.75, 3.05) is 0 Å². The van der Waals surface area contributed by atoms with Gasteiger partial charge in [0.05, 0.1) is 0 Å². The molecular weight excluding hydrogens is 272 g/mol. The number of nitrogens with one attached hydrogen (secondary N) is 1. The summed E-state index contributed by atoms with van der Waals surface area (Å²) in [6, 6.07) is -0.691. The third-order valence-electron chi connectivity index (χ3n) is 3.84. The summed E-state index contributed by atoms with van der Waals surface area (Å²) in [5.41, 5.74) is 2.34. The smallest absolute Gasteiger partial charge is 0.246 e. The van der Waals surface area contributed by atoms with Gasteiger partial charge in [-0.3, -0.25) is 9.59 Å². The highest BCUT2D eigenvalue weighted by Gasteiger charge is 2.39. The van der Waals surface area contributed by atoms with Gasteiger partial charge in [-0.25, -0.2) is 0 Å². The third-order valence-corrected chi connectivity index (χ3v) is 4.75. The molecule has 1 aromatic heterocycles. The Bertz CT molecular complexity index is 498. The van der Waals surface area contributed by atoms with Crippen molar-refractivity contribution >= 4 is 23.2 Å². The lowest BCUT2D eigenvalue weighted by Crippen LogP contribution is -2.62. The molecule has 0 aliphatic carbocycles. The first kappa shape index (κ1) is 15.0. The molecule has 1 aromatic rings. The monoisotopic (exact) mass is 294 g/mol. The van der Waals surface area contributed by atoms with Crippen LogP contribution in [0.1, 0.15) is 44.2 Å². The van der Waals surface area contributed by atoms with Crippen molar-refractivity contribution in [1.29, 1.82) is 0 Å². The molecule has 1 aliphatic heterocycles. The van der Waals surface area contributed by atoms with Crippen LogP contribution in [-0.4, -0.2) is 28.8 Å². The van der Waals surface area contributed by atoms with Crippen LogP contribution in [0.3, 0.4) is 0 Å². The molecule has 2 rings (SSSR count). The maximum Gasteiger partial charge on any atom is 0.246 e. The molecule has 1 N–H and O–H groups in total. The summed E-state index contributed by atoms with van der Waals surface area (Å²) in [7, 11) is 0. The Labute approximate surface area is 124 Å². The van der Waals surface area contributed by atoms with E-state index in [1.807, 2.05) is 20.8 Å². The maximum atomic E-state index is 12.6. The number of nitrogens with zero attached hydrogens (tertiary/aromatic N) is 1. The van der Waals surface area contributed by atoms with Crippen LogP contribution >= 0.6 is 11.3 Å². The zero-order valence-electron chi connectivity index (χ0n) is 12.3. The zero-order chi connectivity index (χ0) is 14.7. The van der Waals surface area contributed by atoms with Gasteiger partial charge >= 0.3 is 0 Å². The van der Waals surface area contributed by atoms with Crippen LogP contribution in [0.2, 0.25) is 0 Å². The number of hydrogen-bond acceptors (Lipinski definition) is 3. The van der Waals surface area contributed by atoms with Gasteiger partial charge in [0.1, 0.15) is 12.1 Å². The highest BCUT2D eigenvalue weighted by atomic mass is 32.1. The molecule has 0 radical (unpaired) electrons. The molecular formula is C15H22N2O2S. The van der Waals surface area contributed by atoms with Crippen LogP contribution in [0.15, 0.2) is 10.8 Å². The number of thiophene rings is 1. The summed E-state index contributed by atoms with van der Waals surface area (Å²) in [5.74, 6) is 0.0438. The van der Waals surface area contributed by atoms with Crippen molar-refractivity contribution in [3.63, 3.8) is 0 Å². The number of amides is 2. The molecule has 2 unspecified atom stereocenters. The van der Waals surface area contributed by atoms with Crippen LogP contribution in [0.5, 0.6) is 0 Å². The van der Waals surface area contributed by atoms with E-state index in [4.69, 9.17) is 0 Å². The van der Waals surface area contributed by atoms with Gasteiger partial charge in [0.25, 0.3) is 0 Å². The van der Waals surface area contributed by atoms with Crippen molar-refractivity contribution in [3.05, 3.63) is 21.9 Å². The molecule has 1 saturated heterocycles. The Morgan fingerprint density at radius 2 is 2.05 bits per heavy atom. The zero-order valence-corrected chi connectivity index (χ0v) is 13.1. The van der Waals surface area contributed by atoms with E-state index >= 15 is 0 Å². The van der Waals surface area contributed by atoms with Crippen molar-refractivity contribution in [1.82, 2.24) is 10.2 Å². The molecule has 5 heteroatoms. The molecule has 0 aromatic carbocycles. The number of aryl methyl sites for hydroxylation is 1. The second-order valence-electron chi connectivity index (χ2n) is 5.32. The van der Waals surface area contributed by atoms with Crippen LogP contribution in [-0.2, 0) is 16.1 Å². The first-order valence-corrected chi connectivity index (χ1v) is 8.15. The number of piperazine rings is 1. The van der Waals surface area contributed by atoms with Crippen molar-refractivity contribution < 1.29 is 9.59 Å². The van der Waals surface area contributed by atoms with Crippen molar-refractivity contribution in [2.24, 2.45) is 0 Å². The minimum atomic E-state index is -0.353. The Balaban J connectivity index is 2.22. The van der Waals surface area contributed by atoms with E-state index in [2.05, 4.69) is 16.1 Å². The van der Waals surface area contributed by atoms with Gasteiger partial charge in [-0.2, -0.15) is 11.3 Å². The predicted octanol–water partition coefficient (Wildman–Crippen LogP) is 2.46. The lowest BCUT2D eigenvalue weighted by molar-refractivity contribution is -0.150. The molecule has 2 amide bonds. The fraction of sp³-hybridized carbons (Fsp3) is 0.600. The summed E-state index contributed by atoms with van der Waals surface area (Å²) < 4.78 is 0. The second kappa shape index (κ2) is 6.39. The molecule has 110 valence electrons. The summed E-state index contributed by atoms with van der Waals surface area (Å²) in [6.45, 7) is 6.56. The summed E-state index contributed by atoms with van der Waals surface area (Å²) >= 11 is 1.64. The number of hydrogen-bond donors (Lipinski definition) is 1. The van der Waals surface area contributed by atoms with Gasteiger partial charge in [0.2, 0.25) is 11.8 Å². The first-order chi connectivity index (χ1) is 9.58. The second-order valence-corrected chi connectivity index (χ2v) is 6.06. The number of carbonyl (C=O) groups excluding carboxylic acids is 2. The number of carbonyl (C=O) groups is 2. The molecule has 2 atom stereocenters. The quantitative estimate of drug-likeness (QED) is 0.907. The van der Waals surface area contributed by atoms with Gasteiger partial charge in [0.15, 0.2) is 0 Å². The van der Waals surface area contributed by atoms with E-state index in [0.29, 0.717) is 19.4 Å². The largest absolute Gasteiger partial charge is 0.343 e. The molecule has 1 aliphatic rings. The normalized spacial score (nSPS) is 23.1. The summed E-state index contributed by atoms with van der Waals surface area (Å²) in [4.78, 5) is 26.5. The average Bonchev–Trinajstić information content (AvgIpc) is 2.81. The van der Waals surface area contributed by atoms with Crippen LogP contribution in [0, 0.1) is 6.92 Å². The van der Waals surface area contributed by atoms with E-state index in [1.165, 1.54) is 5.56 Å². The Morgan fingerprint density at radius 1 is 1.30 bits per heavy atom. The molecule has 4 nitrogen and oxygen atoms in total.